The molecule has 0 aromatic carbocycles. The van der Waals surface area contributed by atoms with E-state index in [4.69, 9.17) is 0 Å². The van der Waals surface area contributed by atoms with E-state index in [-0.39, 0.29) is 17.6 Å². The molecule has 5 nitrogen and oxygen atoms in total. The third kappa shape index (κ3) is 3.12. The van der Waals surface area contributed by atoms with E-state index in [9.17, 15) is 10.0 Å². The number of urea groups is 1. The number of aryl methyl sites for hydroxylation is 1. The van der Waals surface area contributed by atoms with Crippen molar-refractivity contribution in [2.24, 2.45) is 4.99 Å². The minimum absolute atomic E-state index is 0.229. The van der Waals surface area contributed by atoms with Gasteiger partial charge in [-0.15, -0.1) is 0 Å². The van der Waals surface area contributed by atoms with Gasteiger partial charge in [0.05, 0.1) is 5.69 Å². The van der Waals surface area contributed by atoms with Gasteiger partial charge in [-0.1, -0.05) is 25.3 Å². The first-order valence-corrected chi connectivity index (χ1v) is 6.40. The molecule has 0 saturated heterocycles. The molecule has 1 aromatic heterocycles. The molecule has 1 fully saturated rings. The molecule has 1 aromatic rings. The first-order chi connectivity index (χ1) is 8.66. The van der Waals surface area contributed by atoms with Gasteiger partial charge < -0.3 is 10.5 Å². The van der Waals surface area contributed by atoms with E-state index in [1.165, 1.54) is 6.42 Å². The summed E-state index contributed by atoms with van der Waals surface area (Å²) in [7, 11) is 0. The average Bonchev–Trinajstić information content (AvgIpc) is 2.36. The van der Waals surface area contributed by atoms with Crippen molar-refractivity contribution in [3.8, 4) is 0 Å². The average molecular weight is 249 g/mol. The lowest BCUT2D eigenvalue weighted by molar-refractivity contribution is 0.164. The van der Waals surface area contributed by atoms with Crippen molar-refractivity contribution in [2.45, 2.75) is 45.1 Å². The number of nitrogens with one attached hydrogen (secondary N) is 1. The second-order valence-electron chi connectivity index (χ2n) is 4.73. The number of nitrogens with zero attached hydrogens (tertiary/aromatic N) is 2. The minimum atomic E-state index is -0.379. The van der Waals surface area contributed by atoms with E-state index in [2.05, 4.69) is 10.3 Å². The molecule has 98 valence electrons. The Hall–Kier alpha value is -1.78. The molecular formula is C13H19N3O2. The Balaban J connectivity index is 2.07. The number of aromatic nitrogens is 1. The lowest BCUT2D eigenvalue weighted by Gasteiger charge is -2.21. The molecule has 1 aliphatic carbocycles. The molecule has 0 bridgehead atoms. The van der Waals surface area contributed by atoms with Gasteiger partial charge in [0.15, 0.2) is 5.49 Å². The number of hydrogen-bond acceptors (Lipinski definition) is 2. The fourth-order valence-electron chi connectivity index (χ4n) is 2.24. The largest absolute Gasteiger partial charge is 0.427 e. The number of hydrogen-bond donors (Lipinski definition) is 2. The van der Waals surface area contributed by atoms with Crippen molar-refractivity contribution < 1.29 is 10.0 Å². The number of carbonyl (C=O) groups excluding carboxylic acids is 1. The number of pyridine rings is 1. The molecule has 0 atom stereocenters. The van der Waals surface area contributed by atoms with Gasteiger partial charge in [0, 0.05) is 6.04 Å². The van der Waals surface area contributed by atoms with Crippen LogP contribution in [0, 0.1) is 6.92 Å². The van der Waals surface area contributed by atoms with Gasteiger partial charge in [-0.2, -0.15) is 9.72 Å². The van der Waals surface area contributed by atoms with Crippen LogP contribution < -0.4 is 10.8 Å². The summed E-state index contributed by atoms with van der Waals surface area (Å²) in [5.74, 6) is 0. The summed E-state index contributed by atoms with van der Waals surface area (Å²) in [5.41, 5.74) is 0.894. The Morgan fingerprint density at radius 3 is 2.83 bits per heavy atom. The van der Waals surface area contributed by atoms with Crippen LogP contribution in [0.15, 0.2) is 23.2 Å². The zero-order valence-electron chi connectivity index (χ0n) is 10.6. The minimum Gasteiger partial charge on any atom is -0.427 e. The van der Waals surface area contributed by atoms with E-state index < -0.39 is 0 Å². The predicted octanol–water partition coefficient (Wildman–Crippen LogP) is 1.98. The highest BCUT2D eigenvalue weighted by molar-refractivity contribution is 5.75. The lowest BCUT2D eigenvalue weighted by atomic mass is 9.96. The summed E-state index contributed by atoms with van der Waals surface area (Å²) >= 11 is 0. The van der Waals surface area contributed by atoms with Gasteiger partial charge in [-0.3, -0.25) is 0 Å². The molecule has 2 rings (SSSR count). The van der Waals surface area contributed by atoms with Crippen LogP contribution in [0.5, 0.6) is 0 Å². The monoisotopic (exact) mass is 249 g/mol. The maximum absolute atomic E-state index is 11.7. The number of carbonyl (C=O) groups is 1. The van der Waals surface area contributed by atoms with E-state index in [0.717, 1.165) is 30.4 Å². The molecule has 2 amide bonds. The maximum atomic E-state index is 11.7. The first kappa shape index (κ1) is 12.7. The molecule has 2 N–H and O–H groups in total. The number of amides is 2. The molecule has 0 aliphatic heterocycles. The molecule has 0 spiro atoms. The predicted molar refractivity (Wildman–Crippen MR) is 67.3 cm³/mol. The summed E-state index contributed by atoms with van der Waals surface area (Å²) in [5, 5.41) is 12.6. The highest BCUT2D eigenvalue weighted by atomic mass is 16.5. The molecule has 1 aliphatic rings. The smallest absolute Gasteiger partial charge is 0.343 e. The van der Waals surface area contributed by atoms with E-state index >= 15 is 0 Å². The fourth-order valence-corrected chi connectivity index (χ4v) is 2.24. The standard InChI is InChI=1S/C13H19N3O2/c1-10-6-5-9-12(16(10)18)15-13(17)14-11-7-3-2-4-8-11/h5-6,9,11,18H,2-4,7-8H2,1H3,(H,14,17)/b15-12-. The summed E-state index contributed by atoms with van der Waals surface area (Å²) in [4.78, 5) is 15.6. The summed E-state index contributed by atoms with van der Waals surface area (Å²) in [6.07, 6.45) is 5.62. The van der Waals surface area contributed by atoms with Crippen LogP contribution in [0.4, 0.5) is 4.79 Å². The summed E-state index contributed by atoms with van der Waals surface area (Å²) in [6, 6.07) is 4.96. The Labute approximate surface area is 106 Å². The normalized spacial score (nSPS) is 17.7. The van der Waals surface area contributed by atoms with Crippen LogP contribution in [0.25, 0.3) is 0 Å². The Kier molecular flexibility index (Phi) is 4.02. The number of rotatable bonds is 1. The third-order valence-corrected chi connectivity index (χ3v) is 3.28. The van der Waals surface area contributed by atoms with Gasteiger partial charge in [0.2, 0.25) is 0 Å². The van der Waals surface area contributed by atoms with E-state index in [1.807, 2.05) is 0 Å². The topological polar surface area (TPSA) is 66.6 Å². The van der Waals surface area contributed by atoms with Gasteiger partial charge in [-0.05, 0) is 31.9 Å². The molecule has 1 heterocycles. The van der Waals surface area contributed by atoms with Crippen LogP contribution >= 0.6 is 0 Å². The van der Waals surface area contributed by atoms with Gasteiger partial charge >= 0.3 is 6.03 Å². The molecule has 0 radical (unpaired) electrons. The second-order valence-corrected chi connectivity index (χ2v) is 4.73. The van der Waals surface area contributed by atoms with Crippen molar-refractivity contribution in [2.75, 3.05) is 0 Å². The van der Waals surface area contributed by atoms with Crippen molar-refractivity contribution in [3.05, 3.63) is 29.4 Å². The fraction of sp³-hybridized carbons (Fsp3) is 0.538. The van der Waals surface area contributed by atoms with Gasteiger partial charge in [-0.25, -0.2) is 4.79 Å². The van der Waals surface area contributed by atoms with Gasteiger partial charge in [0.25, 0.3) is 0 Å². The Bertz CT molecular complexity index is 487. The van der Waals surface area contributed by atoms with Crippen molar-refractivity contribution >= 4 is 6.03 Å². The van der Waals surface area contributed by atoms with Crippen LogP contribution in [0.1, 0.15) is 37.8 Å². The summed E-state index contributed by atoms with van der Waals surface area (Å²) < 4.78 is 0.917. The maximum Gasteiger partial charge on any atom is 0.343 e. The Morgan fingerprint density at radius 2 is 2.11 bits per heavy atom. The van der Waals surface area contributed by atoms with Crippen molar-refractivity contribution in [1.29, 1.82) is 0 Å². The quantitative estimate of drug-likeness (QED) is 0.747. The highest BCUT2D eigenvalue weighted by Crippen LogP contribution is 2.17. The molecule has 0 unspecified atom stereocenters. The molecule has 18 heavy (non-hydrogen) atoms. The van der Waals surface area contributed by atoms with Crippen LogP contribution in [0.3, 0.4) is 0 Å². The highest BCUT2D eigenvalue weighted by Gasteiger charge is 2.15. The second kappa shape index (κ2) is 5.71. The lowest BCUT2D eigenvalue weighted by Crippen LogP contribution is -2.36. The third-order valence-electron chi connectivity index (χ3n) is 3.28. The zero-order chi connectivity index (χ0) is 13.0. The molecule has 1 saturated carbocycles. The van der Waals surface area contributed by atoms with Crippen molar-refractivity contribution in [1.82, 2.24) is 10.0 Å². The van der Waals surface area contributed by atoms with E-state index in [1.54, 1.807) is 25.1 Å². The Morgan fingerprint density at radius 1 is 1.39 bits per heavy atom. The van der Waals surface area contributed by atoms with Gasteiger partial charge in [0.1, 0.15) is 0 Å². The van der Waals surface area contributed by atoms with E-state index in [0.29, 0.717) is 5.69 Å². The summed E-state index contributed by atoms with van der Waals surface area (Å²) in [6.45, 7) is 1.75. The van der Waals surface area contributed by atoms with Crippen molar-refractivity contribution in [3.63, 3.8) is 0 Å². The zero-order valence-corrected chi connectivity index (χ0v) is 10.6. The SMILES string of the molecule is Cc1ccc/c(=N/C(=O)NC2CCCCC2)n1O. The van der Waals surface area contributed by atoms with Crippen LogP contribution in [-0.2, 0) is 0 Å². The first-order valence-electron chi connectivity index (χ1n) is 6.40. The molecular weight excluding hydrogens is 230 g/mol. The van der Waals surface area contributed by atoms with Crippen LogP contribution in [0.2, 0.25) is 0 Å². The van der Waals surface area contributed by atoms with Crippen LogP contribution in [-0.4, -0.2) is 22.0 Å². The molecule has 5 heteroatoms.